The lowest BCUT2D eigenvalue weighted by atomic mass is 9.98. The number of carbonyl (C=O) groups is 1. The van der Waals surface area contributed by atoms with E-state index in [1.807, 2.05) is 0 Å². The number of alkyl halides is 3. The van der Waals surface area contributed by atoms with Crippen molar-refractivity contribution in [3.8, 4) is 5.75 Å². The number of nitrogens with one attached hydrogen (secondary N) is 1. The molecule has 1 aliphatic heterocycles. The molecule has 1 saturated heterocycles. The fraction of sp³-hybridized carbons (Fsp3) is 0.533. The lowest BCUT2D eigenvalue weighted by Gasteiger charge is -2.27. The molecule has 7 heteroatoms. The van der Waals surface area contributed by atoms with Gasteiger partial charge in [-0.2, -0.15) is 0 Å². The average molecular weight is 316 g/mol. The Kier molecular flexibility index (Phi) is 5.28. The Balaban J connectivity index is 1.90. The van der Waals surface area contributed by atoms with Crippen molar-refractivity contribution in [2.24, 2.45) is 5.92 Å². The van der Waals surface area contributed by atoms with Crippen molar-refractivity contribution >= 4 is 5.91 Å². The smallest absolute Gasteiger partial charge is 0.406 e. The van der Waals surface area contributed by atoms with Crippen molar-refractivity contribution in [2.75, 3.05) is 20.1 Å². The standard InChI is InChI=1S/C15H19F3N2O2/c1-20(14(21)12-3-2-8-19-9-12)10-11-4-6-13(7-5-11)22-15(16,17)18/h4-7,12,19H,2-3,8-10H2,1H3. The summed E-state index contributed by atoms with van der Waals surface area (Å²) in [4.78, 5) is 13.9. The minimum absolute atomic E-state index is 0.0217. The number of hydrogen-bond acceptors (Lipinski definition) is 3. The van der Waals surface area contributed by atoms with Crippen LogP contribution in [-0.4, -0.2) is 37.3 Å². The summed E-state index contributed by atoms with van der Waals surface area (Å²) < 4.78 is 40.1. The van der Waals surface area contributed by atoms with Gasteiger partial charge in [-0.05, 0) is 37.1 Å². The summed E-state index contributed by atoms with van der Waals surface area (Å²) in [5, 5.41) is 3.19. The highest BCUT2D eigenvalue weighted by Crippen LogP contribution is 2.23. The van der Waals surface area contributed by atoms with Gasteiger partial charge in [0.25, 0.3) is 0 Å². The third kappa shape index (κ3) is 4.91. The van der Waals surface area contributed by atoms with Crippen LogP contribution in [0.2, 0.25) is 0 Å². The lowest BCUT2D eigenvalue weighted by molar-refractivity contribution is -0.274. The van der Waals surface area contributed by atoms with Gasteiger partial charge in [0.15, 0.2) is 0 Å². The molecule has 1 atom stereocenters. The lowest BCUT2D eigenvalue weighted by Crippen LogP contribution is -2.41. The first-order valence-corrected chi connectivity index (χ1v) is 7.15. The highest BCUT2D eigenvalue weighted by molar-refractivity contribution is 5.78. The minimum Gasteiger partial charge on any atom is -0.406 e. The zero-order valence-electron chi connectivity index (χ0n) is 12.3. The van der Waals surface area contributed by atoms with Gasteiger partial charge in [0, 0.05) is 20.1 Å². The molecular weight excluding hydrogens is 297 g/mol. The molecule has 1 fully saturated rings. The van der Waals surface area contributed by atoms with Crippen LogP contribution in [0.3, 0.4) is 0 Å². The number of halogens is 3. The zero-order valence-corrected chi connectivity index (χ0v) is 12.3. The number of rotatable bonds is 4. The molecule has 0 aliphatic carbocycles. The fourth-order valence-corrected chi connectivity index (χ4v) is 2.52. The second-order valence-electron chi connectivity index (χ2n) is 5.43. The van der Waals surface area contributed by atoms with Crippen LogP contribution >= 0.6 is 0 Å². The van der Waals surface area contributed by atoms with Crippen LogP contribution < -0.4 is 10.1 Å². The SMILES string of the molecule is CN(Cc1ccc(OC(F)(F)F)cc1)C(=O)C1CCCNC1. The van der Waals surface area contributed by atoms with Crippen molar-refractivity contribution < 1.29 is 22.7 Å². The number of ether oxygens (including phenoxy) is 1. The number of nitrogens with zero attached hydrogens (tertiary/aromatic N) is 1. The van der Waals surface area contributed by atoms with Crippen LogP contribution in [0.15, 0.2) is 24.3 Å². The second kappa shape index (κ2) is 7.00. The molecule has 0 spiro atoms. The van der Waals surface area contributed by atoms with E-state index in [0.717, 1.165) is 24.9 Å². The highest BCUT2D eigenvalue weighted by Gasteiger charge is 2.31. The minimum atomic E-state index is -4.69. The van der Waals surface area contributed by atoms with E-state index in [2.05, 4.69) is 10.1 Å². The zero-order chi connectivity index (χ0) is 16.2. The molecule has 1 N–H and O–H groups in total. The summed E-state index contributed by atoms with van der Waals surface area (Å²) in [5.41, 5.74) is 0.758. The van der Waals surface area contributed by atoms with Crippen LogP contribution in [-0.2, 0) is 11.3 Å². The van der Waals surface area contributed by atoms with E-state index in [4.69, 9.17) is 0 Å². The van der Waals surface area contributed by atoms with Crippen molar-refractivity contribution in [3.05, 3.63) is 29.8 Å². The third-order valence-corrected chi connectivity index (χ3v) is 3.60. The summed E-state index contributed by atoms with van der Waals surface area (Å²) in [7, 11) is 1.71. The van der Waals surface area contributed by atoms with Gasteiger partial charge in [-0.1, -0.05) is 12.1 Å². The number of benzene rings is 1. The van der Waals surface area contributed by atoms with Gasteiger partial charge in [-0.3, -0.25) is 4.79 Å². The predicted molar refractivity (Wildman–Crippen MR) is 75.2 cm³/mol. The van der Waals surface area contributed by atoms with Gasteiger partial charge in [0.2, 0.25) is 5.91 Å². The number of piperidine rings is 1. The monoisotopic (exact) mass is 316 g/mol. The molecule has 2 rings (SSSR count). The van der Waals surface area contributed by atoms with Gasteiger partial charge in [0.05, 0.1) is 5.92 Å². The maximum Gasteiger partial charge on any atom is 0.573 e. The Bertz CT molecular complexity index is 497. The van der Waals surface area contributed by atoms with E-state index >= 15 is 0 Å². The molecule has 1 aromatic carbocycles. The summed E-state index contributed by atoms with van der Waals surface area (Å²) in [6.07, 6.45) is -2.84. The van der Waals surface area contributed by atoms with Gasteiger partial charge in [-0.25, -0.2) is 0 Å². The van der Waals surface area contributed by atoms with Crippen LogP contribution in [0, 0.1) is 5.92 Å². The second-order valence-corrected chi connectivity index (χ2v) is 5.43. The summed E-state index contributed by atoms with van der Waals surface area (Å²) in [6, 6.07) is 5.57. The maximum atomic E-state index is 12.3. The molecule has 1 unspecified atom stereocenters. The maximum absolute atomic E-state index is 12.3. The Hall–Kier alpha value is -1.76. The molecule has 1 aliphatic rings. The van der Waals surface area contributed by atoms with Gasteiger partial charge in [0.1, 0.15) is 5.75 Å². The molecule has 22 heavy (non-hydrogen) atoms. The van der Waals surface area contributed by atoms with E-state index in [9.17, 15) is 18.0 Å². The topological polar surface area (TPSA) is 41.6 Å². The number of amides is 1. The molecular formula is C15H19F3N2O2. The summed E-state index contributed by atoms with van der Waals surface area (Å²) in [5.74, 6) is -0.226. The van der Waals surface area contributed by atoms with E-state index in [-0.39, 0.29) is 17.6 Å². The molecule has 0 saturated carbocycles. The molecule has 0 aromatic heterocycles. The highest BCUT2D eigenvalue weighted by atomic mass is 19.4. The fourth-order valence-electron chi connectivity index (χ4n) is 2.52. The third-order valence-electron chi connectivity index (χ3n) is 3.60. The van der Waals surface area contributed by atoms with Gasteiger partial charge < -0.3 is 15.0 Å². The van der Waals surface area contributed by atoms with Gasteiger partial charge in [-0.15, -0.1) is 13.2 Å². The molecule has 0 radical (unpaired) electrons. The Morgan fingerprint density at radius 1 is 1.36 bits per heavy atom. The number of carbonyl (C=O) groups excluding carboxylic acids is 1. The Morgan fingerprint density at radius 2 is 2.05 bits per heavy atom. The Morgan fingerprint density at radius 3 is 2.59 bits per heavy atom. The molecule has 4 nitrogen and oxygen atoms in total. The Labute approximate surface area is 127 Å². The van der Waals surface area contributed by atoms with Crippen LogP contribution in [0.4, 0.5) is 13.2 Å². The van der Waals surface area contributed by atoms with Crippen molar-refractivity contribution in [1.29, 1.82) is 0 Å². The average Bonchev–Trinajstić information content (AvgIpc) is 2.48. The van der Waals surface area contributed by atoms with Crippen LogP contribution in [0.25, 0.3) is 0 Å². The summed E-state index contributed by atoms with van der Waals surface area (Å²) in [6.45, 7) is 1.98. The largest absolute Gasteiger partial charge is 0.573 e. The van der Waals surface area contributed by atoms with Crippen molar-refractivity contribution in [2.45, 2.75) is 25.7 Å². The van der Waals surface area contributed by atoms with E-state index in [0.29, 0.717) is 13.1 Å². The van der Waals surface area contributed by atoms with E-state index in [1.54, 1.807) is 11.9 Å². The van der Waals surface area contributed by atoms with Crippen LogP contribution in [0.5, 0.6) is 5.75 Å². The molecule has 122 valence electrons. The van der Waals surface area contributed by atoms with Crippen molar-refractivity contribution in [3.63, 3.8) is 0 Å². The first-order valence-electron chi connectivity index (χ1n) is 7.15. The normalized spacial score (nSPS) is 18.8. The van der Waals surface area contributed by atoms with Gasteiger partial charge >= 0.3 is 6.36 Å². The quantitative estimate of drug-likeness (QED) is 0.928. The van der Waals surface area contributed by atoms with E-state index < -0.39 is 6.36 Å². The number of hydrogen-bond donors (Lipinski definition) is 1. The van der Waals surface area contributed by atoms with Crippen LogP contribution in [0.1, 0.15) is 18.4 Å². The molecule has 1 amide bonds. The van der Waals surface area contributed by atoms with E-state index in [1.165, 1.54) is 24.3 Å². The van der Waals surface area contributed by atoms with Crippen molar-refractivity contribution in [1.82, 2.24) is 10.2 Å². The first-order chi connectivity index (χ1) is 10.3. The molecule has 1 aromatic rings. The predicted octanol–water partition coefficient (Wildman–Crippen LogP) is 2.54. The summed E-state index contributed by atoms with van der Waals surface area (Å²) >= 11 is 0. The molecule has 1 heterocycles. The first kappa shape index (κ1) is 16.6. The molecule has 0 bridgehead atoms.